The van der Waals surface area contributed by atoms with Crippen LogP contribution in [0.15, 0.2) is 0 Å². The van der Waals surface area contributed by atoms with Crippen molar-refractivity contribution in [2.75, 3.05) is 39.6 Å². The number of ether oxygens (including phenoxy) is 11. The quantitative estimate of drug-likeness (QED) is 0.0606. The van der Waals surface area contributed by atoms with Gasteiger partial charge in [-0.05, 0) is 0 Å². The number of aliphatic hydroxyl groups excluding tert-OH is 18. The lowest BCUT2D eigenvalue weighted by atomic mass is 9.94. The normalized spacial score (nSPS) is 49.8. The Hall–Kier alpha value is -2.22. The summed E-state index contributed by atoms with van der Waals surface area (Å²) >= 11 is 0. The number of carbonyl (C=O) groups is 2. The summed E-state index contributed by atoms with van der Waals surface area (Å²) in [5.41, 5.74) is 0. The molecule has 6 saturated heterocycles. The molecule has 33 heteroatoms. The van der Waals surface area contributed by atoms with Crippen LogP contribution < -0.4 is 10.6 Å². The standard InChI is InChI=1S/C40H68N2O31/c1-9(48)41-17-22(53)31(13(5-45)64-35(17)62)70-36-18(42-10(2)49)23(54)32(14(6-46)67-36)71-40-30(61)34(73-39-28(59)25(56)20(51)12(4-44)66-39)21(52)16(69-40)8-63-37-29(60)26(57)33(15(7-47)68-37)72-38-27(58)24(55)19(50)11(3-43)65-38/h11-40,43-47,50-62H,3-8H2,1-2H3,(H,41,48)(H,42,49)/t11-,12-,13-,14-,15-,16-,17-,18-,19+,20-,21-,22-,23-,24+,25+,26-,27-,28+,29+,30+,31-,32-,33-,34+,35?,36+,37+,38+,39-,40+/m1/s1. The predicted molar refractivity (Wildman–Crippen MR) is 222 cm³/mol. The van der Waals surface area contributed by atoms with Gasteiger partial charge in [0.15, 0.2) is 37.7 Å². The van der Waals surface area contributed by atoms with Gasteiger partial charge in [-0.25, -0.2) is 0 Å². The van der Waals surface area contributed by atoms with Crippen molar-refractivity contribution in [3.05, 3.63) is 0 Å². The first-order valence-corrected chi connectivity index (χ1v) is 23.1. The maximum absolute atomic E-state index is 12.5. The first-order valence-electron chi connectivity index (χ1n) is 23.1. The maximum Gasteiger partial charge on any atom is 0.217 e. The third-order valence-electron chi connectivity index (χ3n) is 13.2. The van der Waals surface area contributed by atoms with E-state index in [1.54, 1.807) is 0 Å². The molecule has 6 aliphatic rings. The summed E-state index contributed by atoms with van der Waals surface area (Å²) in [6.45, 7) is -3.57. The van der Waals surface area contributed by atoms with Crippen molar-refractivity contribution in [2.24, 2.45) is 0 Å². The average molecular weight is 1070 g/mol. The van der Waals surface area contributed by atoms with Crippen molar-refractivity contribution in [1.29, 1.82) is 0 Å². The molecule has 0 spiro atoms. The second-order valence-corrected chi connectivity index (χ2v) is 18.3. The van der Waals surface area contributed by atoms with E-state index in [0.29, 0.717) is 0 Å². The van der Waals surface area contributed by atoms with Gasteiger partial charge >= 0.3 is 0 Å². The fourth-order valence-electron chi connectivity index (χ4n) is 9.22. The van der Waals surface area contributed by atoms with Crippen molar-refractivity contribution in [1.82, 2.24) is 10.6 Å². The minimum absolute atomic E-state index is 0.715. The number of rotatable bonds is 18. The SMILES string of the molecule is CC(=O)N[C@H]1[C@H](O[C@H]2[C@H](O)[C@@H](NC(C)=O)C(O)O[C@@H]2CO)O[C@H](CO)[C@@H](O[C@@H]2O[C@H](CO[C@H]3O[C@H](CO)[C@@H](O[C@@H]4O[C@H](CO)[C@H](O)[C@H](O)[C@H]4O)[C@H](O)[C@@H]3O)[C@@H](O)[C@H](O[C@H]3O[C@H](CO)[C@@H](O)[C@H](O)[C@@H]3O)[C@@H]2O)[C@@H]1O. The Morgan fingerprint density at radius 3 is 1.19 bits per heavy atom. The Morgan fingerprint density at radius 2 is 0.712 bits per heavy atom. The summed E-state index contributed by atoms with van der Waals surface area (Å²) in [4.78, 5) is 24.4. The van der Waals surface area contributed by atoms with Crippen LogP contribution in [0.4, 0.5) is 0 Å². The Labute approximate surface area is 413 Å². The van der Waals surface area contributed by atoms with E-state index in [-0.39, 0.29) is 0 Å². The molecule has 0 aromatic rings. The fourth-order valence-corrected chi connectivity index (χ4v) is 9.22. The number of amides is 2. The average Bonchev–Trinajstić information content (AvgIpc) is 3.35. The summed E-state index contributed by atoms with van der Waals surface area (Å²) in [7, 11) is 0. The molecule has 0 aromatic carbocycles. The van der Waals surface area contributed by atoms with Crippen LogP contribution in [0.25, 0.3) is 0 Å². The van der Waals surface area contributed by atoms with Gasteiger partial charge in [0.25, 0.3) is 0 Å². The van der Waals surface area contributed by atoms with Crippen LogP contribution in [-0.2, 0) is 61.7 Å². The zero-order valence-corrected chi connectivity index (χ0v) is 38.9. The molecule has 30 atom stereocenters. The van der Waals surface area contributed by atoms with E-state index in [4.69, 9.17) is 52.1 Å². The van der Waals surface area contributed by atoms with Crippen LogP contribution in [0.5, 0.6) is 0 Å². The van der Waals surface area contributed by atoms with Gasteiger partial charge in [0, 0.05) is 13.8 Å². The smallest absolute Gasteiger partial charge is 0.217 e. The Balaban J connectivity index is 1.24. The molecule has 6 aliphatic heterocycles. The molecule has 0 aromatic heterocycles. The van der Waals surface area contributed by atoms with Crippen molar-refractivity contribution in [2.45, 2.75) is 198 Å². The van der Waals surface area contributed by atoms with Gasteiger partial charge in [-0.1, -0.05) is 0 Å². The first kappa shape index (κ1) is 60.0. The summed E-state index contributed by atoms with van der Waals surface area (Å²) in [6, 6.07) is -3.28. The monoisotopic (exact) mass is 1070 g/mol. The minimum Gasteiger partial charge on any atom is -0.394 e. The molecule has 6 rings (SSSR count). The van der Waals surface area contributed by atoms with E-state index in [2.05, 4.69) is 10.6 Å². The lowest BCUT2D eigenvalue weighted by molar-refractivity contribution is -0.386. The molecule has 0 saturated carbocycles. The number of carbonyl (C=O) groups excluding carboxylic acids is 2. The Kier molecular flexibility index (Phi) is 21.3. The van der Waals surface area contributed by atoms with Crippen molar-refractivity contribution in [3.8, 4) is 0 Å². The molecule has 0 radical (unpaired) electrons. The highest BCUT2D eigenvalue weighted by Gasteiger charge is 2.57. The van der Waals surface area contributed by atoms with Crippen LogP contribution in [0, 0.1) is 0 Å². The molecular formula is C40H68N2O31. The first-order chi connectivity index (χ1) is 34.5. The second kappa shape index (κ2) is 26.0. The van der Waals surface area contributed by atoms with E-state index in [9.17, 15) is 102 Å². The van der Waals surface area contributed by atoms with Gasteiger partial charge in [0.05, 0.1) is 39.6 Å². The highest BCUT2D eigenvalue weighted by atomic mass is 16.8. The van der Waals surface area contributed by atoms with E-state index in [1.807, 2.05) is 0 Å². The van der Waals surface area contributed by atoms with Gasteiger partial charge in [0.1, 0.15) is 146 Å². The largest absolute Gasteiger partial charge is 0.394 e. The van der Waals surface area contributed by atoms with Crippen molar-refractivity contribution in [3.63, 3.8) is 0 Å². The zero-order chi connectivity index (χ0) is 53.9. The molecule has 424 valence electrons. The summed E-state index contributed by atoms with van der Waals surface area (Å²) in [6.07, 6.45) is -53.1. The molecule has 0 aliphatic carbocycles. The second-order valence-electron chi connectivity index (χ2n) is 18.3. The van der Waals surface area contributed by atoms with Crippen LogP contribution >= 0.6 is 0 Å². The van der Waals surface area contributed by atoms with Crippen molar-refractivity contribution < 1.29 is 154 Å². The molecule has 73 heavy (non-hydrogen) atoms. The van der Waals surface area contributed by atoms with E-state index in [1.165, 1.54) is 0 Å². The third kappa shape index (κ3) is 13.0. The summed E-state index contributed by atoms with van der Waals surface area (Å²) < 4.78 is 62.4. The van der Waals surface area contributed by atoms with E-state index in [0.717, 1.165) is 13.8 Å². The molecular weight excluding hydrogens is 1000 g/mol. The van der Waals surface area contributed by atoms with Crippen molar-refractivity contribution >= 4 is 11.8 Å². The van der Waals surface area contributed by atoms with Crippen LogP contribution in [0.2, 0.25) is 0 Å². The number of hydrogen-bond donors (Lipinski definition) is 20. The van der Waals surface area contributed by atoms with Gasteiger partial charge < -0.3 is 155 Å². The summed E-state index contributed by atoms with van der Waals surface area (Å²) in [5, 5.41) is 197. The molecule has 20 N–H and O–H groups in total. The van der Waals surface area contributed by atoms with Gasteiger partial charge in [0.2, 0.25) is 11.8 Å². The van der Waals surface area contributed by atoms with E-state index < -0.39 is 236 Å². The van der Waals surface area contributed by atoms with Gasteiger partial charge in [-0.3, -0.25) is 9.59 Å². The van der Waals surface area contributed by atoms with Crippen LogP contribution in [0.3, 0.4) is 0 Å². The topological polar surface area (TPSA) is 524 Å². The van der Waals surface area contributed by atoms with Crippen LogP contribution in [-0.4, -0.2) is 327 Å². The molecule has 33 nitrogen and oxygen atoms in total. The molecule has 6 fully saturated rings. The molecule has 0 bridgehead atoms. The number of aliphatic hydroxyl groups is 18. The fraction of sp³-hybridized carbons (Fsp3) is 0.950. The number of nitrogens with one attached hydrogen (secondary N) is 2. The van der Waals surface area contributed by atoms with E-state index >= 15 is 0 Å². The lowest BCUT2D eigenvalue weighted by Gasteiger charge is -2.50. The zero-order valence-electron chi connectivity index (χ0n) is 38.9. The molecule has 1 unspecified atom stereocenters. The van der Waals surface area contributed by atoms with Gasteiger partial charge in [-0.15, -0.1) is 0 Å². The third-order valence-corrected chi connectivity index (χ3v) is 13.2. The maximum atomic E-state index is 12.5. The summed E-state index contributed by atoms with van der Waals surface area (Å²) in [5.74, 6) is -1.55. The van der Waals surface area contributed by atoms with Gasteiger partial charge in [-0.2, -0.15) is 0 Å². The van der Waals surface area contributed by atoms with Crippen LogP contribution in [0.1, 0.15) is 13.8 Å². The Morgan fingerprint density at radius 1 is 0.356 bits per heavy atom. The minimum atomic E-state index is -2.26. The molecule has 6 heterocycles. The molecule has 2 amide bonds. The number of hydrogen-bond acceptors (Lipinski definition) is 31. The lowest BCUT2D eigenvalue weighted by Crippen LogP contribution is -2.70. The highest BCUT2D eigenvalue weighted by Crippen LogP contribution is 2.36. The Bertz CT molecular complexity index is 1740. The highest BCUT2D eigenvalue weighted by molar-refractivity contribution is 5.73. The predicted octanol–water partition coefficient (Wildman–Crippen LogP) is -13.8.